The van der Waals surface area contributed by atoms with E-state index in [1.807, 2.05) is 33.9 Å². The third-order valence-corrected chi connectivity index (χ3v) is 4.85. The Morgan fingerprint density at radius 1 is 1.32 bits per heavy atom. The van der Waals surface area contributed by atoms with E-state index in [9.17, 15) is 0 Å². The van der Waals surface area contributed by atoms with Gasteiger partial charge in [0.05, 0.1) is 19.8 Å². The largest absolute Gasteiger partial charge is 0.493 e. The summed E-state index contributed by atoms with van der Waals surface area (Å²) in [5, 5.41) is 3.23. The topological polar surface area (TPSA) is 49.0 Å². The first-order chi connectivity index (χ1) is 12.2. The van der Waals surface area contributed by atoms with Crippen LogP contribution in [0, 0.1) is 0 Å². The summed E-state index contributed by atoms with van der Waals surface area (Å²) in [6.07, 6.45) is 5.09. The Bertz CT molecular complexity index is 645. The van der Waals surface area contributed by atoms with Crippen LogP contribution in [0.5, 0.6) is 11.5 Å². The van der Waals surface area contributed by atoms with Crippen LogP contribution in [-0.4, -0.2) is 38.8 Å². The summed E-state index contributed by atoms with van der Waals surface area (Å²) in [4.78, 5) is 0. The number of fused-ring (bicyclic) bond motifs is 3. The fourth-order valence-corrected chi connectivity index (χ4v) is 3.87. The van der Waals surface area contributed by atoms with E-state index in [4.69, 9.17) is 18.9 Å². The van der Waals surface area contributed by atoms with E-state index in [0.29, 0.717) is 13.0 Å². The minimum absolute atomic E-state index is 0.0206. The number of benzene rings is 1. The molecule has 1 spiro atoms. The van der Waals surface area contributed by atoms with Crippen LogP contribution in [-0.2, 0) is 16.0 Å². The van der Waals surface area contributed by atoms with Gasteiger partial charge in [0.1, 0.15) is 6.10 Å². The Hall–Kier alpha value is -1.56. The number of hydrogen-bond donors (Lipinski definition) is 1. The summed E-state index contributed by atoms with van der Waals surface area (Å²) in [6, 6.07) is 4.09. The van der Waals surface area contributed by atoms with Crippen LogP contribution in [0.25, 0.3) is 0 Å². The standard InChI is InChI=1S/C18H23NO4.C2H6/c1-11-10-21-18(23-11)7-6-13-15(8-18)22-17-14(20-3)5-4-12(9-19-2)16(13)17;1-2/h4-7,11,13,15,19H,8-10H2,1-3H3;1-2H3. The van der Waals surface area contributed by atoms with Crippen molar-refractivity contribution < 1.29 is 18.9 Å². The first-order valence-electron chi connectivity index (χ1n) is 9.18. The van der Waals surface area contributed by atoms with E-state index in [1.165, 1.54) is 11.1 Å². The number of nitrogens with one attached hydrogen (secondary N) is 1. The molecule has 5 heteroatoms. The Morgan fingerprint density at radius 2 is 2.12 bits per heavy atom. The van der Waals surface area contributed by atoms with Gasteiger partial charge in [-0.1, -0.05) is 26.0 Å². The highest BCUT2D eigenvalue weighted by Gasteiger charge is 2.49. The predicted octanol–water partition coefficient (Wildman–Crippen LogP) is 3.38. The summed E-state index contributed by atoms with van der Waals surface area (Å²) < 4.78 is 23.7. The second-order valence-corrected chi connectivity index (χ2v) is 6.50. The second-order valence-electron chi connectivity index (χ2n) is 6.50. The number of ether oxygens (including phenoxy) is 4. The zero-order valence-electron chi connectivity index (χ0n) is 15.8. The second kappa shape index (κ2) is 7.36. The fourth-order valence-electron chi connectivity index (χ4n) is 3.87. The molecule has 0 saturated carbocycles. The summed E-state index contributed by atoms with van der Waals surface area (Å²) in [5.41, 5.74) is 2.47. The molecule has 0 radical (unpaired) electrons. The fraction of sp³-hybridized carbons (Fsp3) is 0.600. The van der Waals surface area contributed by atoms with E-state index in [1.54, 1.807) is 7.11 Å². The lowest BCUT2D eigenvalue weighted by molar-refractivity contribution is -0.149. The average Bonchev–Trinajstić information content (AvgIpc) is 3.18. The molecule has 4 unspecified atom stereocenters. The van der Waals surface area contributed by atoms with Crippen molar-refractivity contribution in [3.63, 3.8) is 0 Å². The minimum atomic E-state index is -0.626. The molecule has 0 amide bonds. The molecule has 25 heavy (non-hydrogen) atoms. The van der Waals surface area contributed by atoms with Crippen LogP contribution in [0.1, 0.15) is 44.2 Å². The van der Waals surface area contributed by atoms with Gasteiger partial charge in [0.15, 0.2) is 17.3 Å². The van der Waals surface area contributed by atoms with E-state index in [0.717, 1.165) is 18.0 Å². The summed E-state index contributed by atoms with van der Waals surface area (Å²) in [6.45, 7) is 7.47. The lowest BCUT2D eigenvalue weighted by Gasteiger charge is -2.33. The van der Waals surface area contributed by atoms with Crippen molar-refractivity contribution in [2.45, 2.75) is 57.6 Å². The van der Waals surface area contributed by atoms with Gasteiger partial charge in [0.2, 0.25) is 0 Å². The molecule has 138 valence electrons. The summed E-state index contributed by atoms with van der Waals surface area (Å²) >= 11 is 0. The normalized spacial score (nSPS) is 31.8. The van der Waals surface area contributed by atoms with Crippen LogP contribution >= 0.6 is 0 Å². The number of rotatable bonds is 3. The first kappa shape index (κ1) is 18.2. The van der Waals surface area contributed by atoms with Crippen LogP contribution in [0.4, 0.5) is 0 Å². The monoisotopic (exact) mass is 347 g/mol. The zero-order chi connectivity index (χ0) is 18.0. The van der Waals surface area contributed by atoms with Crippen LogP contribution < -0.4 is 14.8 Å². The van der Waals surface area contributed by atoms with Gasteiger partial charge in [-0.05, 0) is 31.7 Å². The molecule has 1 aliphatic carbocycles. The van der Waals surface area contributed by atoms with Gasteiger partial charge in [-0.3, -0.25) is 0 Å². The summed E-state index contributed by atoms with van der Waals surface area (Å²) in [7, 11) is 3.64. The van der Waals surface area contributed by atoms with Gasteiger partial charge in [-0.15, -0.1) is 0 Å². The number of methoxy groups -OCH3 is 1. The number of hydrogen-bond acceptors (Lipinski definition) is 5. The van der Waals surface area contributed by atoms with Crippen molar-refractivity contribution in [1.29, 1.82) is 0 Å². The van der Waals surface area contributed by atoms with Crippen molar-refractivity contribution in [2.24, 2.45) is 0 Å². The highest BCUT2D eigenvalue weighted by Crippen LogP contribution is 2.51. The van der Waals surface area contributed by atoms with E-state index in [2.05, 4.69) is 23.5 Å². The van der Waals surface area contributed by atoms with Gasteiger partial charge < -0.3 is 24.3 Å². The molecule has 3 aliphatic rings. The van der Waals surface area contributed by atoms with Crippen molar-refractivity contribution in [3.05, 3.63) is 35.4 Å². The molecule has 1 saturated heterocycles. The van der Waals surface area contributed by atoms with Gasteiger partial charge >= 0.3 is 0 Å². The van der Waals surface area contributed by atoms with Crippen LogP contribution in [0.15, 0.2) is 24.3 Å². The molecule has 4 atom stereocenters. The van der Waals surface area contributed by atoms with Crippen molar-refractivity contribution in [2.75, 3.05) is 20.8 Å². The lowest BCUT2D eigenvalue weighted by atomic mass is 9.83. The maximum atomic E-state index is 6.28. The van der Waals surface area contributed by atoms with Crippen molar-refractivity contribution in [1.82, 2.24) is 5.32 Å². The molecular weight excluding hydrogens is 318 g/mol. The van der Waals surface area contributed by atoms with Gasteiger partial charge in [0.25, 0.3) is 0 Å². The SMILES string of the molecule is CC.CNCc1ccc(OC)c2c1C1C=CC3(CC1O2)OCC(C)O3. The van der Waals surface area contributed by atoms with Crippen molar-refractivity contribution >= 4 is 0 Å². The molecule has 1 fully saturated rings. The Morgan fingerprint density at radius 3 is 2.76 bits per heavy atom. The summed E-state index contributed by atoms with van der Waals surface area (Å²) in [5.74, 6) is 1.25. The zero-order valence-corrected chi connectivity index (χ0v) is 15.8. The van der Waals surface area contributed by atoms with Crippen molar-refractivity contribution in [3.8, 4) is 11.5 Å². The minimum Gasteiger partial charge on any atom is -0.493 e. The third kappa shape index (κ3) is 3.16. The molecule has 2 aliphatic heterocycles. The lowest BCUT2D eigenvalue weighted by Crippen LogP contribution is -2.39. The molecule has 1 aromatic rings. The Kier molecular flexibility index (Phi) is 5.37. The molecule has 0 bridgehead atoms. The quantitative estimate of drug-likeness (QED) is 0.850. The molecular formula is C20H29NO4. The first-order valence-corrected chi connectivity index (χ1v) is 9.18. The molecule has 2 heterocycles. The Balaban J connectivity index is 0.000000880. The van der Waals surface area contributed by atoms with Gasteiger partial charge in [-0.2, -0.15) is 0 Å². The van der Waals surface area contributed by atoms with Gasteiger partial charge in [-0.25, -0.2) is 0 Å². The molecule has 4 rings (SSSR count). The highest BCUT2D eigenvalue weighted by atomic mass is 16.7. The van der Waals surface area contributed by atoms with Gasteiger partial charge in [0, 0.05) is 24.4 Å². The van der Waals surface area contributed by atoms with E-state index >= 15 is 0 Å². The van der Waals surface area contributed by atoms with E-state index in [-0.39, 0.29) is 18.1 Å². The molecule has 5 nitrogen and oxygen atoms in total. The molecule has 1 aromatic carbocycles. The molecule has 1 N–H and O–H groups in total. The molecule has 0 aromatic heterocycles. The smallest absolute Gasteiger partial charge is 0.191 e. The van der Waals surface area contributed by atoms with E-state index < -0.39 is 5.79 Å². The average molecular weight is 347 g/mol. The highest BCUT2D eigenvalue weighted by molar-refractivity contribution is 5.57. The predicted molar refractivity (Wildman–Crippen MR) is 97.2 cm³/mol. The maximum absolute atomic E-state index is 6.28. The maximum Gasteiger partial charge on any atom is 0.191 e. The van der Waals surface area contributed by atoms with Crippen LogP contribution in [0.2, 0.25) is 0 Å². The van der Waals surface area contributed by atoms with Crippen LogP contribution in [0.3, 0.4) is 0 Å². The third-order valence-electron chi connectivity index (χ3n) is 4.85. The Labute approximate surface area is 150 Å².